The summed E-state index contributed by atoms with van der Waals surface area (Å²) >= 11 is 12.1. The van der Waals surface area contributed by atoms with Crippen molar-refractivity contribution < 1.29 is 45.7 Å². The van der Waals surface area contributed by atoms with Crippen LogP contribution in [-0.4, -0.2) is 39.0 Å². The van der Waals surface area contributed by atoms with Crippen molar-refractivity contribution in [3.8, 4) is 0 Å². The fourth-order valence-corrected chi connectivity index (χ4v) is 3.88. The summed E-state index contributed by atoms with van der Waals surface area (Å²) in [5.74, 6) is -1.19. The molecule has 0 fully saturated rings. The monoisotopic (exact) mass is 522 g/mol. The first kappa shape index (κ1) is 28.8. The Balaban J connectivity index is 0.00000324. The van der Waals surface area contributed by atoms with E-state index in [2.05, 4.69) is 29.1 Å². The molecule has 10 heteroatoms. The van der Waals surface area contributed by atoms with Gasteiger partial charge in [-0.25, -0.2) is 14.8 Å². The molecule has 3 rings (SSSR count). The second-order valence-corrected chi connectivity index (χ2v) is 8.52. The van der Waals surface area contributed by atoms with Crippen molar-refractivity contribution in [2.75, 3.05) is 4.90 Å². The first-order valence-electron chi connectivity index (χ1n) is 10.6. The van der Waals surface area contributed by atoms with Gasteiger partial charge in [0, 0.05) is 24.1 Å². The molecule has 7 nitrogen and oxygen atoms in total. The number of hydrogen-bond acceptors (Lipinski definition) is 5. The van der Waals surface area contributed by atoms with E-state index in [1.54, 1.807) is 36.7 Å². The van der Waals surface area contributed by atoms with Crippen LogP contribution >= 0.6 is 23.2 Å². The van der Waals surface area contributed by atoms with Gasteiger partial charge in [0.05, 0.1) is 15.6 Å². The number of carbonyl (C=O) groups excluding carboxylic acids is 1. The molecule has 35 heavy (non-hydrogen) atoms. The number of aliphatic carboxylic acids is 1. The minimum Gasteiger partial charge on any atom is -1.00 e. The van der Waals surface area contributed by atoms with Crippen LogP contribution in [0.15, 0.2) is 67.0 Å². The first-order valence-corrected chi connectivity index (χ1v) is 11.3. The standard InChI is InChI=1S/C25H24Cl2N4O3.Na.H/c1-16(2)31(25-28-14-5-15-29-25)18-12-10-17(11-13-18)6-3-9-21(24(33)34)30-23(32)22-19(26)7-4-8-20(22)27;;/h3-8,10-16,21H,9H2,1-2H3,(H,30,32)(H,33,34);;/q;+1;-1. The Hall–Kier alpha value is -2.42. The number of aromatic nitrogens is 2. The summed E-state index contributed by atoms with van der Waals surface area (Å²) < 4.78 is 0. The van der Waals surface area contributed by atoms with Gasteiger partial charge < -0.3 is 16.7 Å². The van der Waals surface area contributed by atoms with Crippen molar-refractivity contribution in [1.29, 1.82) is 0 Å². The maximum absolute atomic E-state index is 12.5. The van der Waals surface area contributed by atoms with Gasteiger partial charge in [0.25, 0.3) is 5.91 Å². The van der Waals surface area contributed by atoms with E-state index in [9.17, 15) is 14.7 Å². The molecule has 1 atom stereocenters. The number of carboxylic acid groups (broad SMARTS) is 1. The number of halogens is 2. The zero-order chi connectivity index (χ0) is 24.7. The van der Waals surface area contributed by atoms with Gasteiger partial charge in [0.15, 0.2) is 0 Å². The molecule has 1 aromatic heterocycles. The average molecular weight is 523 g/mol. The van der Waals surface area contributed by atoms with Gasteiger partial charge in [0.1, 0.15) is 6.04 Å². The van der Waals surface area contributed by atoms with Crippen LogP contribution in [0.25, 0.3) is 6.08 Å². The first-order chi connectivity index (χ1) is 16.3. The topological polar surface area (TPSA) is 95.4 Å². The largest absolute Gasteiger partial charge is 1.00 e. The number of carbonyl (C=O) groups is 2. The minimum absolute atomic E-state index is 0. The van der Waals surface area contributed by atoms with Crippen LogP contribution in [0.2, 0.25) is 10.0 Å². The fourth-order valence-electron chi connectivity index (χ4n) is 3.31. The normalized spacial score (nSPS) is 11.7. The van der Waals surface area contributed by atoms with E-state index < -0.39 is 17.9 Å². The molecule has 0 spiro atoms. The fraction of sp³-hybridized carbons (Fsp3) is 0.200. The smallest absolute Gasteiger partial charge is 1.00 e. The molecular weight excluding hydrogens is 498 g/mol. The molecule has 2 aromatic carbocycles. The van der Waals surface area contributed by atoms with Crippen molar-refractivity contribution >= 4 is 52.8 Å². The predicted molar refractivity (Wildman–Crippen MR) is 136 cm³/mol. The van der Waals surface area contributed by atoms with E-state index in [4.69, 9.17) is 23.2 Å². The average Bonchev–Trinajstić information content (AvgIpc) is 2.80. The van der Waals surface area contributed by atoms with E-state index in [1.807, 2.05) is 29.2 Å². The Kier molecular flexibility index (Phi) is 11.2. The van der Waals surface area contributed by atoms with Gasteiger partial charge in [-0.05, 0) is 56.2 Å². The predicted octanol–water partition coefficient (Wildman–Crippen LogP) is 2.73. The number of nitrogens with zero attached hydrogens (tertiary/aromatic N) is 3. The van der Waals surface area contributed by atoms with Crippen molar-refractivity contribution in [1.82, 2.24) is 15.3 Å². The molecule has 0 saturated heterocycles. The second-order valence-electron chi connectivity index (χ2n) is 7.70. The summed E-state index contributed by atoms with van der Waals surface area (Å²) in [4.78, 5) is 34.9. The van der Waals surface area contributed by atoms with Crippen LogP contribution in [0.4, 0.5) is 11.6 Å². The number of nitrogens with one attached hydrogen (secondary N) is 1. The number of benzene rings is 2. The third-order valence-corrected chi connectivity index (χ3v) is 5.56. The molecule has 1 amide bonds. The summed E-state index contributed by atoms with van der Waals surface area (Å²) in [7, 11) is 0. The number of anilines is 2. The zero-order valence-corrected chi connectivity index (χ0v) is 23.2. The maximum atomic E-state index is 12.5. The van der Waals surface area contributed by atoms with Crippen molar-refractivity contribution in [3.05, 3.63) is 88.2 Å². The second kappa shape index (κ2) is 13.6. The van der Waals surface area contributed by atoms with Crippen LogP contribution in [0.5, 0.6) is 0 Å². The Morgan fingerprint density at radius 3 is 2.20 bits per heavy atom. The summed E-state index contributed by atoms with van der Waals surface area (Å²) in [6.07, 6.45) is 6.98. The van der Waals surface area contributed by atoms with E-state index in [0.29, 0.717) is 5.95 Å². The van der Waals surface area contributed by atoms with Crippen molar-refractivity contribution in [2.24, 2.45) is 0 Å². The van der Waals surface area contributed by atoms with Gasteiger partial charge in [-0.2, -0.15) is 0 Å². The summed E-state index contributed by atoms with van der Waals surface area (Å²) in [5, 5.41) is 12.3. The van der Waals surface area contributed by atoms with E-state index in [1.165, 1.54) is 12.1 Å². The molecule has 0 aliphatic heterocycles. The van der Waals surface area contributed by atoms with Gasteiger partial charge >= 0.3 is 35.5 Å². The Morgan fingerprint density at radius 1 is 1.06 bits per heavy atom. The number of hydrogen-bond donors (Lipinski definition) is 2. The Morgan fingerprint density at radius 2 is 1.66 bits per heavy atom. The third-order valence-electron chi connectivity index (χ3n) is 4.93. The third kappa shape index (κ3) is 7.78. The molecular formula is C25H25Cl2N4NaO3. The minimum atomic E-state index is -1.16. The molecule has 0 aliphatic carbocycles. The van der Waals surface area contributed by atoms with Gasteiger partial charge in [-0.3, -0.25) is 4.79 Å². The number of carboxylic acids is 1. The molecule has 0 aliphatic rings. The molecule has 178 valence electrons. The van der Waals surface area contributed by atoms with Crippen molar-refractivity contribution in [2.45, 2.75) is 32.4 Å². The van der Waals surface area contributed by atoms with Gasteiger partial charge in [-0.15, -0.1) is 0 Å². The summed E-state index contributed by atoms with van der Waals surface area (Å²) in [6, 6.07) is 13.2. The summed E-state index contributed by atoms with van der Waals surface area (Å²) in [5.41, 5.74) is 1.87. The zero-order valence-electron chi connectivity index (χ0n) is 20.7. The quantitative estimate of drug-likeness (QED) is 0.419. The van der Waals surface area contributed by atoms with Crippen molar-refractivity contribution in [3.63, 3.8) is 0 Å². The van der Waals surface area contributed by atoms with Crippen LogP contribution < -0.4 is 39.8 Å². The van der Waals surface area contributed by atoms with E-state index in [-0.39, 0.29) is 59.1 Å². The maximum Gasteiger partial charge on any atom is 1.00 e. The molecule has 1 heterocycles. The summed E-state index contributed by atoms with van der Waals surface area (Å²) in [6.45, 7) is 4.11. The number of rotatable bonds is 9. The molecule has 0 radical (unpaired) electrons. The van der Waals surface area contributed by atoms with Crippen LogP contribution in [-0.2, 0) is 4.79 Å². The SMILES string of the molecule is CC(C)N(c1ccc(C=CCC(NC(=O)c2c(Cl)cccc2Cl)C(=O)O)cc1)c1ncccn1.[H-].[Na+]. The Labute approximate surface area is 238 Å². The van der Waals surface area contributed by atoms with Crippen LogP contribution in [0.1, 0.15) is 37.6 Å². The van der Waals surface area contributed by atoms with Gasteiger partial charge in [0.2, 0.25) is 5.95 Å². The Bertz CT molecular complexity index is 1160. The van der Waals surface area contributed by atoms with Gasteiger partial charge in [-0.1, -0.05) is 53.6 Å². The molecule has 0 bridgehead atoms. The molecule has 3 aromatic rings. The molecule has 2 N–H and O–H groups in total. The van der Waals surface area contributed by atoms with E-state index >= 15 is 0 Å². The van der Waals surface area contributed by atoms with Crippen LogP contribution in [0.3, 0.4) is 0 Å². The molecule has 1 unspecified atom stereocenters. The van der Waals surface area contributed by atoms with E-state index in [0.717, 1.165) is 11.3 Å². The molecule has 0 saturated carbocycles. The number of amides is 1. The van der Waals surface area contributed by atoms with Crippen LogP contribution in [0, 0.1) is 0 Å².